The Hall–Kier alpha value is -3.46. The van der Waals surface area contributed by atoms with Gasteiger partial charge in [-0.1, -0.05) is 0 Å². The van der Waals surface area contributed by atoms with E-state index < -0.39 is 42.7 Å². The van der Waals surface area contributed by atoms with E-state index >= 15 is 0 Å². The van der Waals surface area contributed by atoms with Gasteiger partial charge < -0.3 is 48.6 Å². The summed E-state index contributed by atoms with van der Waals surface area (Å²) in [6, 6.07) is 6.04. The van der Waals surface area contributed by atoms with E-state index in [0.717, 1.165) is 19.6 Å². The third kappa shape index (κ3) is 4.78. The first-order chi connectivity index (χ1) is 21.3. The van der Waals surface area contributed by atoms with Crippen LogP contribution in [0.25, 0.3) is 0 Å². The van der Waals surface area contributed by atoms with Gasteiger partial charge >= 0.3 is 0 Å². The fourth-order valence-electron chi connectivity index (χ4n) is 6.88. The predicted molar refractivity (Wildman–Crippen MR) is 151 cm³/mol. The van der Waals surface area contributed by atoms with Crippen LogP contribution in [0.5, 0.6) is 23.0 Å². The van der Waals surface area contributed by atoms with Gasteiger partial charge in [0.2, 0.25) is 13.1 Å². The van der Waals surface area contributed by atoms with Crippen LogP contribution in [-0.4, -0.2) is 121 Å². The van der Waals surface area contributed by atoms with Gasteiger partial charge in [-0.2, -0.15) is 0 Å². The van der Waals surface area contributed by atoms with E-state index in [-0.39, 0.29) is 30.0 Å². The molecule has 0 bridgehead atoms. The summed E-state index contributed by atoms with van der Waals surface area (Å²) in [5.41, 5.74) is 1.95. The van der Waals surface area contributed by atoms with Crippen LogP contribution >= 0.6 is 0 Å². The van der Waals surface area contributed by atoms with Gasteiger partial charge in [0.25, 0.3) is 5.91 Å². The van der Waals surface area contributed by atoms with Gasteiger partial charge in [-0.3, -0.25) is 14.5 Å². The average molecular weight is 613 g/mol. The Morgan fingerprint density at radius 1 is 0.886 bits per heavy atom. The third-order valence-electron chi connectivity index (χ3n) is 9.25. The number of nitrogens with zero attached hydrogens (tertiary/aromatic N) is 2. The molecule has 2 saturated heterocycles. The van der Waals surface area contributed by atoms with Crippen molar-refractivity contribution in [2.24, 2.45) is 0 Å². The number of benzene rings is 2. The van der Waals surface area contributed by atoms with Crippen LogP contribution in [0.1, 0.15) is 57.1 Å². The lowest BCUT2D eigenvalue weighted by Gasteiger charge is -2.40. The third-order valence-corrected chi connectivity index (χ3v) is 9.25. The van der Waals surface area contributed by atoms with Gasteiger partial charge in [0.1, 0.15) is 18.3 Å². The lowest BCUT2D eigenvalue weighted by atomic mass is 9.82. The Morgan fingerprint density at radius 2 is 1.64 bits per heavy atom. The molecule has 4 heterocycles. The molecule has 3 N–H and O–H groups in total. The topological polar surface area (TPSA) is 157 Å². The van der Waals surface area contributed by atoms with E-state index in [1.807, 2.05) is 0 Å². The molecule has 7 rings (SSSR count). The number of ketones is 1. The number of methoxy groups -OCH3 is 1. The second kappa shape index (κ2) is 11.5. The Bertz CT molecular complexity index is 1460. The maximum Gasteiger partial charge on any atom is 0.254 e. The first-order valence-electron chi connectivity index (χ1n) is 14.9. The van der Waals surface area contributed by atoms with Crippen LogP contribution < -0.4 is 18.9 Å². The molecule has 5 aliphatic rings. The van der Waals surface area contributed by atoms with Gasteiger partial charge in [0.15, 0.2) is 28.8 Å². The van der Waals surface area contributed by atoms with Crippen molar-refractivity contribution in [1.29, 1.82) is 0 Å². The number of aliphatic hydroxyl groups excluding tert-OH is 3. The van der Waals surface area contributed by atoms with Crippen molar-refractivity contribution in [3.63, 3.8) is 0 Å². The van der Waals surface area contributed by atoms with E-state index in [4.69, 9.17) is 28.4 Å². The average Bonchev–Trinajstić information content (AvgIpc) is 3.61. The molecule has 2 aromatic carbocycles. The molecular formula is C31H36N2O11. The molecule has 1 aliphatic carbocycles. The fourth-order valence-corrected chi connectivity index (χ4v) is 6.88. The molecular weight excluding hydrogens is 576 g/mol. The number of rotatable bonds is 7. The van der Waals surface area contributed by atoms with E-state index in [1.54, 1.807) is 36.1 Å². The second-order valence-corrected chi connectivity index (χ2v) is 11.8. The number of amides is 1. The second-order valence-electron chi connectivity index (χ2n) is 11.8. The highest BCUT2D eigenvalue weighted by atomic mass is 16.7. The van der Waals surface area contributed by atoms with Crippen LogP contribution in [0.4, 0.5) is 0 Å². The minimum Gasteiger partial charge on any atom is -0.493 e. The number of ether oxygens (including phenoxy) is 6. The summed E-state index contributed by atoms with van der Waals surface area (Å²) in [6.07, 6.45) is -5.81. The smallest absolute Gasteiger partial charge is 0.254 e. The molecule has 2 aromatic rings. The molecule has 0 spiro atoms. The number of aliphatic hydroxyl groups is 3. The summed E-state index contributed by atoms with van der Waals surface area (Å²) in [6.45, 7) is 5.87. The summed E-state index contributed by atoms with van der Waals surface area (Å²) >= 11 is 0. The largest absolute Gasteiger partial charge is 0.493 e. The summed E-state index contributed by atoms with van der Waals surface area (Å²) in [7, 11) is 1.42. The highest BCUT2D eigenvalue weighted by Gasteiger charge is 2.51. The minimum atomic E-state index is -1.56. The molecule has 44 heavy (non-hydrogen) atoms. The highest BCUT2D eigenvalue weighted by molar-refractivity contribution is 6.11. The molecule has 0 saturated carbocycles. The zero-order chi connectivity index (χ0) is 30.7. The van der Waals surface area contributed by atoms with E-state index in [9.17, 15) is 24.9 Å². The molecule has 2 fully saturated rings. The number of carbonyl (C=O) groups is 2. The molecule has 4 aliphatic heterocycles. The van der Waals surface area contributed by atoms with Crippen LogP contribution in [-0.2, 0) is 9.47 Å². The first-order valence-corrected chi connectivity index (χ1v) is 14.9. The Balaban J connectivity index is 1.26. The van der Waals surface area contributed by atoms with Gasteiger partial charge in [-0.15, -0.1) is 0 Å². The van der Waals surface area contributed by atoms with Crippen molar-refractivity contribution in [2.45, 2.75) is 56.0 Å². The number of morpholine rings is 1. The van der Waals surface area contributed by atoms with Crippen molar-refractivity contribution >= 4 is 11.7 Å². The quantitative estimate of drug-likeness (QED) is 0.405. The van der Waals surface area contributed by atoms with Crippen molar-refractivity contribution in [2.75, 3.05) is 53.3 Å². The van der Waals surface area contributed by atoms with E-state index in [0.29, 0.717) is 59.9 Å². The lowest BCUT2D eigenvalue weighted by Crippen LogP contribution is -2.58. The summed E-state index contributed by atoms with van der Waals surface area (Å²) in [5.74, 6) is 0.187. The molecule has 0 radical (unpaired) electrons. The maximum atomic E-state index is 14.2. The molecule has 0 aromatic heterocycles. The number of carbonyl (C=O) groups excluding carboxylic acids is 2. The van der Waals surface area contributed by atoms with Crippen molar-refractivity contribution < 1.29 is 53.3 Å². The van der Waals surface area contributed by atoms with Crippen molar-refractivity contribution in [3.05, 3.63) is 46.5 Å². The SMILES string of the molecule is COc1cc2c(cc1O[C@@H]1O[C@@H](C)[C@@H](O)[C@@H](O)[C@@H]1O)C1C(=O)c3cc4c(cc3C1N(CCCN1CCOCC1)C2=O)OCO4. The van der Waals surface area contributed by atoms with E-state index in [2.05, 4.69) is 4.90 Å². The monoisotopic (exact) mass is 612 g/mol. The molecule has 1 amide bonds. The Morgan fingerprint density at radius 3 is 2.39 bits per heavy atom. The molecule has 7 atom stereocenters. The van der Waals surface area contributed by atoms with Crippen LogP contribution in [0.3, 0.4) is 0 Å². The molecule has 2 unspecified atom stereocenters. The molecule has 13 nitrogen and oxygen atoms in total. The number of hydrogen-bond donors (Lipinski definition) is 3. The van der Waals surface area contributed by atoms with Crippen molar-refractivity contribution in [1.82, 2.24) is 9.80 Å². The summed E-state index contributed by atoms with van der Waals surface area (Å²) in [5, 5.41) is 31.0. The normalized spacial score (nSPS) is 31.0. The van der Waals surface area contributed by atoms with Gasteiger partial charge in [0.05, 0.1) is 38.4 Å². The Kier molecular flexibility index (Phi) is 7.63. The van der Waals surface area contributed by atoms with E-state index in [1.165, 1.54) is 7.11 Å². The van der Waals surface area contributed by atoms with Crippen LogP contribution in [0.2, 0.25) is 0 Å². The van der Waals surface area contributed by atoms with Crippen molar-refractivity contribution in [3.8, 4) is 23.0 Å². The lowest BCUT2D eigenvalue weighted by molar-refractivity contribution is -0.268. The first kappa shape index (κ1) is 29.3. The fraction of sp³-hybridized carbons (Fsp3) is 0.548. The predicted octanol–water partition coefficient (Wildman–Crippen LogP) is 0.830. The number of hydrogen-bond acceptors (Lipinski definition) is 12. The van der Waals surface area contributed by atoms with Gasteiger partial charge in [-0.25, -0.2) is 0 Å². The highest BCUT2D eigenvalue weighted by Crippen LogP contribution is 2.54. The van der Waals surface area contributed by atoms with Gasteiger partial charge in [-0.05, 0) is 48.7 Å². The van der Waals surface area contributed by atoms with Gasteiger partial charge in [0, 0.05) is 37.3 Å². The standard InChI is InChI=1S/C31H36N2O11/c1-15-26(34)28(36)29(37)31(43-15)44-23-10-16-19(13-20(23)39-2)30(38)33(5-3-4-32-6-8-40-9-7-32)25-17-11-21-22(42-14-41-21)12-18(17)27(35)24(16)25/h10-13,15,24-26,28-29,31,34,36-37H,3-9,14H2,1-2H3/t15-,24?,25?,26+,28+,29-,31-/m0/s1. The molecule has 13 heteroatoms. The van der Waals surface area contributed by atoms with Crippen LogP contribution in [0, 0.1) is 0 Å². The summed E-state index contributed by atoms with van der Waals surface area (Å²) in [4.78, 5) is 32.5. The zero-order valence-electron chi connectivity index (χ0n) is 24.5. The minimum absolute atomic E-state index is 0.0610. The zero-order valence-corrected chi connectivity index (χ0v) is 24.5. The maximum absolute atomic E-state index is 14.2. The molecule has 236 valence electrons. The summed E-state index contributed by atoms with van der Waals surface area (Å²) < 4.78 is 33.9. The Labute approximate surface area is 253 Å². The number of fused-ring (bicyclic) bond motifs is 6. The van der Waals surface area contributed by atoms with Crippen LogP contribution in [0.15, 0.2) is 24.3 Å². The number of Topliss-reactive ketones (excluding diaryl/α,β-unsaturated/α-hetero) is 1.